The van der Waals surface area contributed by atoms with Gasteiger partial charge in [0.2, 0.25) is 65.0 Å². The third-order valence-electron chi connectivity index (χ3n) is 13.1. The lowest BCUT2D eigenvalue weighted by atomic mass is 9.99. The molecule has 0 aromatic heterocycles. The van der Waals surface area contributed by atoms with E-state index in [0.29, 0.717) is 6.42 Å². The third kappa shape index (κ3) is 25.1. The van der Waals surface area contributed by atoms with Gasteiger partial charge in [-0.3, -0.25) is 57.5 Å². The molecule has 0 aliphatic carbocycles. The lowest BCUT2D eigenvalue weighted by Gasteiger charge is -2.32. The number of rotatable bonds is 38. The number of aliphatic hydroxyl groups excluding tert-OH is 5. The monoisotopic (exact) mass is 1190 g/mol. The van der Waals surface area contributed by atoms with Gasteiger partial charge in [0.1, 0.15) is 60.4 Å². The molecule has 1 aliphatic rings. The van der Waals surface area contributed by atoms with Crippen molar-refractivity contribution in [3.63, 3.8) is 0 Å². The number of aliphatic carboxylic acids is 2. The quantitative estimate of drug-likeness (QED) is 0.0255. The van der Waals surface area contributed by atoms with Crippen molar-refractivity contribution in [2.75, 3.05) is 26.3 Å². The number of carbonyl (C=O) groups is 13. The predicted octanol–water partition coefficient (Wildman–Crippen LogP) is -8.16. The van der Waals surface area contributed by atoms with Crippen LogP contribution in [0.1, 0.15) is 113 Å². The van der Waals surface area contributed by atoms with Gasteiger partial charge in [-0.15, -0.1) is 0 Å². The summed E-state index contributed by atoms with van der Waals surface area (Å²) in [4.78, 5) is 172. The van der Waals surface area contributed by atoms with Gasteiger partial charge in [-0.05, 0) is 90.5 Å². The van der Waals surface area contributed by atoms with Crippen LogP contribution in [0.15, 0.2) is 0 Å². The first kappa shape index (κ1) is 73.8. The highest BCUT2D eigenvalue weighted by Gasteiger charge is 2.42. The molecule has 0 unspecified atom stereocenters. The van der Waals surface area contributed by atoms with Crippen LogP contribution in [0, 0.1) is 11.8 Å². The molecule has 0 saturated carbocycles. The number of nitrogens with one attached hydrogen (secondary N) is 9. The number of amides is 11. The van der Waals surface area contributed by atoms with Gasteiger partial charge in [0.05, 0.1) is 31.5 Å². The Bertz CT molecular complexity index is 2250. The van der Waals surface area contributed by atoms with E-state index in [1.54, 1.807) is 27.7 Å². The average Bonchev–Trinajstić information content (AvgIpc) is 4.18. The van der Waals surface area contributed by atoms with Gasteiger partial charge in [-0.1, -0.05) is 27.7 Å². The maximum absolute atomic E-state index is 14.2. The molecule has 1 aliphatic heterocycles. The molecule has 0 aromatic rings. The normalized spacial score (nSPS) is 17.9. The fraction of sp³-hybridized carbons (Fsp3) is 0.740. The second kappa shape index (κ2) is 36.4. The van der Waals surface area contributed by atoms with E-state index in [9.17, 15) is 98.1 Å². The highest BCUT2D eigenvalue weighted by atomic mass is 16.4. The summed E-state index contributed by atoms with van der Waals surface area (Å²) < 4.78 is 0. The molecule has 11 amide bonds. The van der Waals surface area contributed by atoms with Crippen LogP contribution in [0.2, 0.25) is 0 Å². The van der Waals surface area contributed by atoms with Gasteiger partial charge >= 0.3 is 11.9 Å². The molecule has 1 saturated heterocycles. The summed E-state index contributed by atoms with van der Waals surface area (Å²) in [6.07, 6.45) is -6.45. The number of aliphatic hydroxyl groups is 5. The van der Waals surface area contributed by atoms with Crippen LogP contribution in [0.4, 0.5) is 0 Å². The van der Waals surface area contributed by atoms with Crippen LogP contribution in [0.25, 0.3) is 0 Å². The van der Waals surface area contributed by atoms with Crippen LogP contribution < -0.4 is 65.1 Å². The van der Waals surface area contributed by atoms with E-state index in [1.165, 1.54) is 6.92 Å². The summed E-state index contributed by atoms with van der Waals surface area (Å²) in [7, 11) is 0. The summed E-state index contributed by atoms with van der Waals surface area (Å²) in [6.45, 7) is 7.90. The Morgan fingerprint density at radius 1 is 0.518 bits per heavy atom. The lowest BCUT2D eigenvalue weighted by molar-refractivity contribution is -0.145. The van der Waals surface area contributed by atoms with E-state index in [0.717, 1.165) is 18.7 Å². The topological polar surface area (TPSA) is 553 Å². The molecular weight excluding hydrogens is 1100 g/mol. The van der Waals surface area contributed by atoms with Crippen LogP contribution >= 0.6 is 0 Å². The van der Waals surface area contributed by atoms with Crippen molar-refractivity contribution in [3.05, 3.63) is 0 Å². The van der Waals surface area contributed by atoms with Crippen LogP contribution in [-0.2, 0) is 62.3 Å². The zero-order valence-corrected chi connectivity index (χ0v) is 47.8. The molecule has 33 nitrogen and oxygen atoms in total. The predicted molar refractivity (Wildman–Crippen MR) is 289 cm³/mol. The van der Waals surface area contributed by atoms with Crippen molar-refractivity contribution in [2.24, 2.45) is 29.0 Å². The maximum Gasteiger partial charge on any atom is 0.328 e. The number of nitrogens with two attached hydrogens (primary N) is 3. The van der Waals surface area contributed by atoms with Crippen molar-refractivity contribution >= 4 is 76.9 Å². The number of carboxylic acid groups (broad SMARTS) is 2. The molecule has 1 fully saturated rings. The van der Waals surface area contributed by atoms with Gasteiger partial charge in [0, 0.05) is 19.4 Å². The fourth-order valence-electron chi connectivity index (χ4n) is 8.33. The first-order valence-corrected chi connectivity index (χ1v) is 27.2. The molecule has 0 radical (unpaired) electrons. The van der Waals surface area contributed by atoms with Crippen molar-refractivity contribution in [3.8, 4) is 0 Å². The number of nitrogens with zero attached hydrogens (tertiary/aromatic N) is 1. The van der Waals surface area contributed by atoms with Crippen LogP contribution in [-0.4, -0.2) is 229 Å². The minimum Gasteiger partial charge on any atom is -0.481 e. The number of hydrogen-bond acceptors (Lipinski definition) is 20. The fourth-order valence-corrected chi connectivity index (χ4v) is 8.33. The minimum atomic E-state index is -1.92. The number of unbranched alkanes of at least 4 members (excludes halogenated alkanes) is 1. The first-order chi connectivity index (χ1) is 38.7. The highest BCUT2D eigenvalue weighted by molar-refractivity contribution is 5.99. The Morgan fingerprint density at radius 2 is 0.952 bits per heavy atom. The minimum absolute atomic E-state index is 0.0204. The second-order valence-electron chi connectivity index (χ2n) is 21.1. The van der Waals surface area contributed by atoms with Gasteiger partial charge in [-0.25, -0.2) is 4.79 Å². The SMILES string of the molecule is CC(C)C[C@H](NC(=O)[C@@H]1CCCN1C(=O)[C@@H](NC(=O)[C@H](CCC(N)=O)NC(=O)[C@H](CO)NC(=O)[C@H](CCCCN)NC(=O)[C@H](CCC(=O)O)NC(=O)[C@H](CO)NC(=O)[C@@H](N)[C@@H](C)O)[C@@H](C)O)C(=O)N[C@H](C(=O)N[C@H](C(=O)O)[C@@H](C)O)C(C)C. The summed E-state index contributed by atoms with van der Waals surface area (Å²) in [6, 6.07) is -17.8. The zero-order chi connectivity index (χ0) is 63.6. The van der Waals surface area contributed by atoms with Crippen molar-refractivity contribution in [2.45, 2.75) is 197 Å². The van der Waals surface area contributed by atoms with E-state index in [-0.39, 0.29) is 51.1 Å². The molecular formula is C50H87N13O20. The number of carboxylic acids is 2. The molecule has 14 atom stereocenters. The van der Waals surface area contributed by atoms with Crippen LogP contribution in [0.5, 0.6) is 0 Å². The summed E-state index contributed by atoms with van der Waals surface area (Å²) in [5.41, 5.74) is 16.6. The third-order valence-corrected chi connectivity index (χ3v) is 13.1. The van der Waals surface area contributed by atoms with Crippen molar-refractivity contribution in [1.82, 2.24) is 52.8 Å². The van der Waals surface area contributed by atoms with E-state index >= 15 is 0 Å². The molecule has 0 spiro atoms. The maximum atomic E-state index is 14.2. The molecule has 1 rings (SSSR count). The molecule has 1 heterocycles. The molecule has 83 heavy (non-hydrogen) atoms. The van der Waals surface area contributed by atoms with Gasteiger partial charge in [0.25, 0.3) is 0 Å². The highest BCUT2D eigenvalue weighted by Crippen LogP contribution is 2.21. The molecule has 0 aromatic carbocycles. The molecule has 472 valence electrons. The Balaban J connectivity index is 3.43. The van der Waals surface area contributed by atoms with Crippen molar-refractivity contribution in [1.29, 1.82) is 0 Å². The second-order valence-corrected chi connectivity index (χ2v) is 21.1. The average molecular weight is 1190 g/mol. The van der Waals surface area contributed by atoms with Gasteiger partial charge in [0.15, 0.2) is 6.04 Å². The standard InChI is InChI=1S/C50H87N13O20/c1-22(2)19-30(43(75)60-37(23(3)4)48(80)62-39(26(7)68)50(82)83)57-46(78)33-12-10-18-63(33)49(81)38(25(6)67)61-42(74)28(13-15-34(52)69)55-44(76)31(20-64)58-40(72)27(11-8-9-17-51)54-41(73)29(14-16-35(70)71)56-45(77)32(21-65)59-47(79)36(53)24(5)66/h22-33,36-39,64-68H,8-21,51,53H2,1-7H3,(H2,52,69)(H,54,73)(H,55,76)(H,56,77)(H,57,78)(H,58,72)(H,59,79)(H,60,75)(H,61,74)(H,62,80)(H,70,71)(H,82,83)/t24-,25-,26-,27+,28+,29+,30+,31+,32+,33+,36+,37+,38+,39+/m1/s1. The van der Waals surface area contributed by atoms with Gasteiger partial charge < -0.3 is 106 Å². The van der Waals surface area contributed by atoms with Gasteiger partial charge in [-0.2, -0.15) is 0 Å². The summed E-state index contributed by atoms with van der Waals surface area (Å²) in [5, 5.41) is 90.3. The Morgan fingerprint density at radius 3 is 1.39 bits per heavy atom. The Kier molecular flexibility index (Phi) is 32.4. The van der Waals surface area contributed by atoms with E-state index in [4.69, 9.17) is 17.2 Å². The summed E-state index contributed by atoms with van der Waals surface area (Å²) in [5.74, 6) is -15.3. The smallest absolute Gasteiger partial charge is 0.328 e. The summed E-state index contributed by atoms with van der Waals surface area (Å²) >= 11 is 0. The van der Waals surface area contributed by atoms with E-state index < -0.39 is 207 Å². The Labute approximate surface area is 479 Å². The number of hydrogen-bond donors (Lipinski definition) is 19. The first-order valence-electron chi connectivity index (χ1n) is 27.2. The zero-order valence-electron chi connectivity index (χ0n) is 47.8. The van der Waals surface area contributed by atoms with E-state index in [2.05, 4.69) is 47.9 Å². The van der Waals surface area contributed by atoms with E-state index in [1.807, 2.05) is 0 Å². The number of likely N-dealkylation sites (tertiary alicyclic amines) is 1. The Hall–Kier alpha value is -7.17. The number of primary amides is 1. The van der Waals surface area contributed by atoms with Crippen LogP contribution in [0.3, 0.4) is 0 Å². The molecule has 0 bridgehead atoms. The molecule has 22 N–H and O–H groups in total. The number of carbonyl (C=O) groups excluding carboxylic acids is 11. The largest absolute Gasteiger partial charge is 0.481 e. The lowest BCUT2D eigenvalue weighted by Crippen LogP contribution is -2.62. The van der Waals surface area contributed by atoms with Crippen molar-refractivity contribution < 1.29 is 98.1 Å². The molecule has 33 heteroatoms.